The molecule has 0 saturated carbocycles. The fraction of sp³-hybridized carbons (Fsp3) is 0.250. The number of carbonyl (C=O) groups is 1. The van der Waals surface area contributed by atoms with Crippen molar-refractivity contribution in [2.24, 2.45) is 5.73 Å². The van der Waals surface area contributed by atoms with Crippen LogP contribution in [0.4, 0.5) is 0 Å². The van der Waals surface area contributed by atoms with Crippen LogP contribution in [0.1, 0.15) is 17.5 Å². The molecule has 3 nitrogen and oxygen atoms in total. The predicted octanol–water partition coefficient (Wildman–Crippen LogP) is 1.89. The monoisotopic (exact) mass is 205 g/mol. The summed E-state index contributed by atoms with van der Waals surface area (Å²) in [5, 5.41) is 0. The van der Waals surface area contributed by atoms with Crippen LogP contribution in [0.2, 0.25) is 0 Å². The van der Waals surface area contributed by atoms with E-state index in [2.05, 4.69) is 0 Å². The number of aryl methyl sites for hydroxylation is 1. The summed E-state index contributed by atoms with van der Waals surface area (Å²) in [6.45, 7) is 2.00. The summed E-state index contributed by atoms with van der Waals surface area (Å²) < 4.78 is 5.22. The molecule has 0 atom stereocenters. The van der Waals surface area contributed by atoms with Crippen molar-refractivity contribution in [1.29, 1.82) is 0 Å². The molecule has 1 aromatic rings. The molecule has 80 valence electrons. The minimum atomic E-state index is -0.336. The Hall–Kier alpha value is -1.77. The molecule has 1 rings (SSSR count). The van der Waals surface area contributed by atoms with Gasteiger partial charge in [0, 0.05) is 12.0 Å². The van der Waals surface area contributed by atoms with Gasteiger partial charge in [-0.15, -0.1) is 0 Å². The first-order chi connectivity index (χ1) is 7.13. The standard InChI is InChI=1S/C12H15NO2/c1-9-6-7-10(11(8-9)15-2)4-3-5-12(13)14/h3-4,6-8H,5H2,1-2H3,(H2,13,14). The summed E-state index contributed by atoms with van der Waals surface area (Å²) in [6.07, 6.45) is 3.82. The molecule has 0 aliphatic heterocycles. The van der Waals surface area contributed by atoms with Gasteiger partial charge in [-0.1, -0.05) is 24.3 Å². The molecular weight excluding hydrogens is 190 g/mol. The van der Waals surface area contributed by atoms with Crippen LogP contribution in [-0.2, 0) is 4.79 Å². The lowest BCUT2D eigenvalue weighted by molar-refractivity contribution is -0.117. The van der Waals surface area contributed by atoms with Crippen LogP contribution >= 0.6 is 0 Å². The van der Waals surface area contributed by atoms with E-state index in [1.165, 1.54) is 0 Å². The molecule has 0 bridgehead atoms. The topological polar surface area (TPSA) is 52.3 Å². The number of hydrogen-bond acceptors (Lipinski definition) is 2. The van der Waals surface area contributed by atoms with Crippen molar-refractivity contribution in [2.75, 3.05) is 7.11 Å². The minimum absolute atomic E-state index is 0.247. The van der Waals surface area contributed by atoms with E-state index in [9.17, 15) is 4.79 Å². The molecule has 1 amide bonds. The number of benzene rings is 1. The largest absolute Gasteiger partial charge is 0.496 e. The van der Waals surface area contributed by atoms with Crippen molar-refractivity contribution >= 4 is 12.0 Å². The number of hydrogen-bond donors (Lipinski definition) is 1. The maximum Gasteiger partial charge on any atom is 0.221 e. The number of carbonyl (C=O) groups excluding carboxylic acids is 1. The Bertz CT molecular complexity index is 383. The molecule has 0 aromatic heterocycles. The molecular formula is C12H15NO2. The maximum absolute atomic E-state index is 10.5. The highest BCUT2D eigenvalue weighted by Crippen LogP contribution is 2.21. The van der Waals surface area contributed by atoms with E-state index < -0.39 is 0 Å². The summed E-state index contributed by atoms with van der Waals surface area (Å²) in [6, 6.07) is 5.89. The average molecular weight is 205 g/mol. The lowest BCUT2D eigenvalue weighted by atomic mass is 10.1. The Morgan fingerprint density at radius 2 is 2.27 bits per heavy atom. The average Bonchev–Trinajstić information content (AvgIpc) is 2.19. The van der Waals surface area contributed by atoms with Gasteiger partial charge in [0.05, 0.1) is 7.11 Å². The molecule has 0 fully saturated rings. The van der Waals surface area contributed by atoms with Gasteiger partial charge in [-0.3, -0.25) is 4.79 Å². The highest BCUT2D eigenvalue weighted by atomic mass is 16.5. The fourth-order valence-electron chi connectivity index (χ4n) is 1.26. The molecule has 15 heavy (non-hydrogen) atoms. The fourth-order valence-corrected chi connectivity index (χ4v) is 1.26. The summed E-state index contributed by atoms with van der Waals surface area (Å²) >= 11 is 0. The number of ether oxygens (including phenoxy) is 1. The van der Waals surface area contributed by atoms with Crippen molar-refractivity contribution in [2.45, 2.75) is 13.3 Å². The lowest BCUT2D eigenvalue weighted by Gasteiger charge is -2.05. The van der Waals surface area contributed by atoms with Crippen LogP contribution < -0.4 is 10.5 Å². The first-order valence-corrected chi connectivity index (χ1v) is 4.73. The van der Waals surface area contributed by atoms with Gasteiger partial charge in [0.1, 0.15) is 5.75 Å². The number of nitrogens with two attached hydrogens (primary N) is 1. The Kier molecular flexibility index (Phi) is 3.92. The van der Waals surface area contributed by atoms with E-state index in [0.717, 1.165) is 16.9 Å². The van der Waals surface area contributed by atoms with Crippen molar-refractivity contribution in [1.82, 2.24) is 0 Å². The van der Waals surface area contributed by atoms with Crippen molar-refractivity contribution in [3.05, 3.63) is 35.4 Å². The van der Waals surface area contributed by atoms with Crippen LogP contribution in [0.15, 0.2) is 24.3 Å². The molecule has 0 saturated heterocycles. The lowest BCUT2D eigenvalue weighted by Crippen LogP contribution is -2.07. The van der Waals surface area contributed by atoms with Crippen molar-refractivity contribution in [3.63, 3.8) is 0 Å². The molecule has 0 spiro atoms. The van der Waals surface area contributed by atoms with Gasteiger partial charge in [-0.05, 0) is 18.6 Å². The number of methoxy groups -OCH3 is 1. The van der Waals surface area contributed by atoms with Gasteiger partial charge in [0.15, 0.2) is 0 Å². The highest BCUT2D eigenvalue weighted by Gasteiger charge is 1.99. The van der Waals surface area contributed by atoms with E-state index in [0.29, 0.717) is 0 Å². The van der Waals surface area contributed by atoms with E-state index in [1.807, 2.05) is 31.2 Å². The van der Waals surface area contributed by atoms with Crippen LogP contribution in [0.3, 0.4) is 0 Å². The third kappa shape index (κ3) is 3.46. The van der Waals surface area contributed by atoms with Crippen molar-refractivity contribution < 1.29 is 9.53 Å². The highest BCUT2D eigenvalue weighted by molar-refractivity contribution is 5.76. The van der Waals surface area contributed by atoms with Crippen LogP contribution in [0, 0.1) is 6.92 Å². The first kappa shape index (κ1) is 11.3. The number of rotatable bonds is 4. The Morgan fingerprint density at radius 1 is 1.53 bits per heavy atom. The SMILES string of the molecule is COc1cc(C)ccc1C=CCC(N)=O. The minimum Gasteiger partial charge on any atom is -0.496 e. The smallest absolute Gasteiger partial charge is 0.221 e. The van der Waals surface area contributed by atoms with Gasteiger partial charge in [-0.2, -0.15) is 0 Å². The van der Waals surface area contributed by atoms with Gasteiger partial charge in [0.25, 0.3) is 0 Å². The van der Waals surface area contributed by atoms with Crippen LogP contribution in [-0.4, -0.2) is 13.0 Å². The maximum atomic E-state index is 10.5. The zero-order valence-corrected chi connectivity index (χ0v) is 8.99. The third-order valence-electron chi connectivity index (χ3n) is 2.01. The first-order valence-electron chi connectivity index (χ1n) is 4.73. The number of primary amides is 1. The summed E-state index contributed by atoms with van der Waals surface area (Å²) in [5.74, 6) is 0.466. The summed E-state index contributed by atoms with van der Waals surface area (Å²) in [4.78, 5) is 10.5. The molecule has 0 unspecified atom stereocenters. The predicted molar refractivity (Wildman–Crippen MR) is 60.6 cm³/mol. The van der Waals surface area contributed by atoms with Crippen LogP contribution in [0.25, 0.3) is 6.08 Å². The Labute approximate surface area is 89.5 Å². The second-order valence-corrected chi connectivity index (χ2v) is 3.32. The van der Waals surface area contributed by atoms with Crippen LogP contribution in [0.5, 0.6) is 5.75 Å². The van der Waals surface area contributed by atoms with Crippen molar-refractivity contribution in [3.8, 4) is 5.75 Å². The van der Waals surface area contributed by atoms with Gasteiger partial charge < -0.3 is 10.5 Å². The van der Waals surface area contributed by atoms with Gasteiger partial charge in [-0.25, -0.2) is 0 Å². The van der Waals surface area contributed by atoms with E-state index >= 15 is 0 Å². The molecule has 2 N–H and O–H groups in total. The normalized spacial score (nSPS) is 10.5. The van der Waals surface area contributed by atoms with E-state index in [1.54, 1.807) is 13.2 Å². The van der Waals surface area contributed by atoms with E-state index in [4.69, 9.17) is 10.5 Å². The number of amides is 1. The summed E-state index contributed by atoms with van der Waals surface area (Å²) in [7, 11) is 1.63. The molecule has 1 aromatic carbocycles. The summed E-state index contributed by atoms with van der Waals surface area (Å²) in [5.41, 5.74) is 7.12. The second kappa shape index (κ2) is 5.20. The van der Waals surface area contributed by atoms with E-state index in [-0.39, 0.29) is 12.3 Å². The van der Waals surface area contributed by atoms with Gasteiger partial charge in [0.2, 0.25) is 5.91 Å². The molecule has 0 aliphatic carbocycles. The molecule has 0 aliphatic rings. The molecule has 0 radical (unpaired) electrons. The Balaban J connectivity index is 2.84. The molecule has 0 heterocycles. The van der Waals surface area contributed by atoms with Gasteiger partial charge >= 0.3 is 0 Å². The second-order valence-electron chi connectivity index (χ2n) is 3.32. The quantitative estimate of drug-likeness (QED) is 0.816. The zero-order valence-electron chi connectivity index (χ0n) is 8.99. The third-order valence-corrected chi connectivity index (χ3v) is 2.01. The Morgan fingerprint density at radius 3 is 2.87 bits per heavy atom. The zero-order chi connectivity index (χ0) is 11.3. The molecule has 3 heteroatoms.